The van der Waals surface area contributed by atoms with Crippen molar-refractivity contribution in [3.05, 3.63) is 0 Å². The summed E-state index contributed by atoms with van der Waals surface area (Å²) in [6.45, 7) is 12.0. The van der Waals surface area contributed by atoms with Crippen molar-refractivity contribution >= 4 is 0 Å². The van der Waals surface area contributed by atoms with Gasteiger partial charge in [0.2, 0.25) is 0 Å². The minimum absolute atomic E-state index is 0.0886. The molecule has 0 saturated heterocycles. The van der Waals surface area contributed by atoms with Crippen LogP contribution in [-0.4, -0.2) is 31.0 Å². The molecule has 1 atom stereocenters. The molecule has 0 bridgehead atoms. The van der Waals surface area contributed by atoms with Gasteiger partial charge in [0.15, 0.2) is 0 Å². The zero-order valence-electron chi connectivity index (χ0n) is 10.2. The highest BCUT2D eigenvalue weighted by molar-refractivity contribution is 4.73. The molecule has 3 nitrogen and oxygen atoms in total. The Morgan fingerprint density at radius 1 is 1.00 bits per heavy atom. The van der Waals surface area contributed by atoms with E-state index >= 15 is 0 Å². The SMILES string of the molecule is CCC(C)(CN)OCCOC(C)(C)C. The summed E-state index contributed by atoms with van der Waals surface area (Å²) in [5.74, 6) is 0. The third-order valence-corrected chi connectivity index (χ3v) is 2.25. The minimum atomic E-state index is -0.193. The molecule has 0 radical (unpaired) electrons. The van der Waals surface area contributed by atoms with Crippen LogP contribution in [0.5, 0.6) is 0 Å². The Morgan fingerprint density at radius 2 is 1.50 bits per heavy atom. The first-order valence-corrected chi connectivity index (χ1v) is 5.31. The topological polar surface area (TPSA) is 44.5 Å². The summed E-state index contributed by atoms with van der Waals surface area (Å²) in [6.07, 6.45) is 0.930. The van der Waals surface area contributed by atoms with Crippen molar-refractivity contribution in [2.45, 2.75) is 52.2 Å². The van der Waals surface area contributed by atoms with Crippen molar-refractivity contribution < 1.29 is 9.47 Å². The summed E-state index contributed by atoms with van der Waals surface area (Å²) in [5.41, 5.74) is 5.34. The Hall–Kier alpha value is -0.120. The normalized spacial score (nSPS) is 16.7. The Morgan fingerprint density at radius 3 is 1.86 bits per heavy atom. The molecule has 0 rings (SSSR count). The predicted octanol–water partition coefficient (Wildman–Crippen LogP) is 1.95. The van der Waals surface area contributed by atoms with Gasteiger partial charge in [-0.3, -0.25) is 0 Å². The lowest BCUT2D eigenvalue weighted by Gasteiger charge is -2.28. The Labute approximate surface area is 88.0 Å². The molecule has 0 aromatic carbocycles. The maximum Gasteiger partial charge on any atom is 0.0774 e. The van der Waals surface area contributed by atoms with Crippen LogP contribution in [0.4, 0.5) is 0 Å². The number of rotatable bonds is 6. The van der Waals surface area contributed by atoms with E-state index in [9.17, 15) is 0 Å². The Bertz CT molecular complexity index is 148. The maximum atomic E-state index is 5.67. The van der Waals surface area contributed by atoms with Crippen LogP contribution >= 0.6 is 0 Å². The summed E-state index contributed by atoms with van der Waals surface area (Å²) >= 11 is 0. The van der Waals surface area contributed by atoms with Crippen molar-refractivity contribution in [3.63, 3.8) is 0 Å². The van der Waals surface area contributed by atoms with Gasteiger partial charge < -0.3 is 15.2 Å². The molecule has 0 aromatic heterocycles. The number of hydrogen-bond acceptors (Lipinski definition) is 3. The first-order chi connectivity index (χ1) is 6.33. The standard InChI is InChI=1S/C11H25NO2/c1-6-11(5,9-12)14-8-7-13-10(2,3)4/h6-9,12H2,1-5H3. The minimum Gasteiger partial charge on any atom is -0.373 e. The fraction of sp³-hybridized carbons (Fsp3) is 1.00. The molecule has 0 aliphatic heterocycles. The molecular formula is C11H25NO2. The van der Waals surface area contributed by atoms with Crippen molar-refractivity contribution in [2.24, 2.45) is 5.73 Å². The zero-order chi connectivity index (χ0) is 11.2. The van der Waals surface area contributed by atoms with E-state index in [0.717, 1.165) is 6.42 Å². The van der Waals surface area contributed by atoms with Crippen molar-refractivity contribution in [1.29, 1.82) is 0 Å². The highest BCUT2D eigenvalue weighted by Gasteiger charge is 2.20. The molecule has 1 unspecified atom stereocenters. The second kappa shape index (κ2) is 5.69. The molecule has 0 aromatic rings. The highest BCUT2D eigenvalue weighted by Crippen LogP contribution is 2.13. The second-order valence-electron chi connectivity index (χ2n) is 4.82. The van der Waals surface area contributed by atoms with E-state index in [1.54, 1.807) is 0 Å². The summed E-state index contributed by atoms with van der Waals surface area (Å²) in [5, 5.41) is 0. The Kier molecular flexibility index (Phi) is 5.64. The molecule has 0 spiro atoms. The third-order valence-electron chi connectivity index (χ3n) is 2.25. The molecule has 2 N–H and O–H groups in total. The molecule has 0 aliphatic carbocycles. The van der Waals surface area contributed by atoms with Gasteiger partial charge in [-0.15, -0.1) is 0 Å². The van der Waals surface area contributed by atoms with E-state index in [1.165, 1.54) is 0 Å². The highest BCUT2D eigenvalue weighted by atomic mass is 16.5. The van der Waals surface area contributed by atoms with Crippen LogP contribution in [0, 0.1) is 0 Å². The summed E-state index contributed by atoms with van der Waals surface area (Å²) in [6, 6.07) is 0. The zero-order valence-corrected chi connectivity index (χ0v) is 10.2. The molecule has 3 heteroatoms. The predicted molar refractivity (Wildman–Crippen MR) is 59.4 cm³/mol. The van der Waals surface area contributed by atoms with Gasteiger partial charge in [-0.05, 0) is 34.1 Å². The number of nitrogens with two attached hydrogens (primary N) is 1. The van der Waals surface area contributed by atoms with Gasteiger partial charge in [0.25, 0.3) is 0 Å². The average molecular weight is 203 g/mol. The maximum absolute atomic E-state index is 5.67. The first kappa shape index (κ1) is 13.9. The fourth-order valence-electron chi connectivity index (χ4n) is 0.941. The van der Waals surface area contributed by atoms with Gasteiger partial charge in [0.1, 0.15) is 0 Å². The van der Waals surface area contributed by atoms with Gasteiger partial charge in [-0.1, -0.05) is 6.92 Å². The van der Waals surface area contributed by atoms with E-state index in [0.29, 0.717) is 19.8 Å². The molecule has 86 valence electrons. The van der Waals surface area contributed by atoms with Gasteiger partial charge in [0, 0.05) is 6.54 Å². The van der Waals surface area contributed by atoms with Crippen molar-refractivity contribution in [2.75, 3.05) is 19.8 Å². The Balaban J connectivity index is 3.63. The van der Waals surface area contributed by atoms with E-state index < -0.39 is 0 Å². The number of ether oxygens (including phenoxy) is 2. The summed E-state index contributed by atoms with van der Waals surface area (Å²) in [4.78, 5) is 0. The average Bonchev–Trinajstić information content (AvgIpc) is 2.11. The van der Waals surface area contributed by atoms with Crippen molar-refractivity contribution in [1.82, 2.24) is 0 Å². The van der Waals surface area contributed by atoms with Gasteiger partial charge in [-0.2, -0.15) is 0 Å². The molecule has 0 amide bonds. The van der Waals surface area contributed by atoms with E-state index in [-0.39, 0.29) is 11.2 Å². The van der Waals surface area contributed by atoms with Crippen LogP contribution in [0.1, 0.15) is 41.0 Å². The van der Waals surface area contributed by atoms with Crippen LogP contribution in [-0.2, 0) is 9.47 Å². The van der Waals surface area contributed by atoms with Crippen LogP contribution in [0.15, 0.2) is 0 Å². The summed E-state index contributed by atoms with van der Waals surface area (Å²) < 4.78 is 11.2. The van der Waals surface area contributed by atoms with E-state index in [1.807, 2.05) is 27.7 Å². The van der Waals surface area contributed by atoms with Gasteiger partial charge in [0.05, 0.1) is 24.4 Å². The number of hydrogen-bond donors (Lipinski definition) is 1. The fourth-order valence-corrected chi connectivity index (χ4v) is 0.941. The lowest BCUT2D eigenvalue weighted by atomic mass is 10.0. The van der Waals surface area contributed by atoms with Crippen LogP contribution in [0.25, 0.3) is 0 Å². The quantitative estimate of drug-likeness (QED) is 0.671. The van der Waals surface area contributed by atoms with E-state index in [2.05, 4.69) is 6.92 Å². The summed E-state index contributed by atoms with van der Waals surface area (Å²) in [7, 11) is 0. The third kappa shape index (κ3) is 6.35. The lowest BCUT2D eigenvalue weighted by Crippen LogP contribution is -2.38. The molecule has 14 heavy (non-hydrogen) atoms. The smallest absolute Gasteiger partial charge is 0.0774 e. The van der Waals surface area contributed by atoms with E-state index in [4.69, 9.17) is 15.2 Å². The molecule has 0 heterocycles. The van der Waals surface area contributed by atoms with Gasteiger partial charge >= 0.3 is 0 Å². The molecule has 0 aliphatic rings. The second-order valence-corrected chi connectivity index (χ2v) is 4.82. The lowest BCUT2D eigenvalue weighted by molar-refractivity contribution is -0.0827. The van der Waals surface area contributed by atoms with Crippen LogP contribution in [0.3, 0.4) is 0 Å². The molecule has 0 fully saturated rings. The van der Waals surface area contributed by atoms with Gasteiger partial charge in [-0.25, -0.2) is 0 Å². The molecular weight excluding hydrogens is 178 g/mol. The first-order valence-electron chi connectivity index (χ1n) is 5.31. The van der Waals surface area contributed by atoms with Crippen LogP contribution in [0.2, 0.25) is 0 Å². The monoisotopic (exact) mass is 203 g/mol. The molecule has 0 saturated carbocycles. The largest absolute Gasteiger partial charge is 0.373 e. The van der Waals surface area contributed by atoms with Crippen LogP contribution < -0.4 is 5.73 Å². The van der Waals surface area contributed by atoms with Crippen molar-refractivity contribution in [3.8, 4) is 0 Å².